The number of hydrogen-bond acceptors (Lipinski definition) is 5. The van der Waals surface area contributed by atoms with Crippen molar-refractivity contribution in [1.82, 2.24) is 24.9 Å². The van der Waals surface area contributed by atoms with E-state index in [2.05, 4.69) is 20.6 Å². The summed E-state index contributed by atoms with van der Waals surface area (Å²) in [7, 11) is 0. The number of urea groups is 1. The summed E-state index contributed by atoms with van der Waals surface area (Å²) >= 11 is 0.555. The summed E-state index contributed by atoms with van der Waals surface area (Å²) in [6, 6.07) is 2.92. The molecule has 10 heteroatoms. The normalized spacial score (nSPS) is 15.9. The number of thioether (sulfide) groups is 1. The molecule has 0 aromatic carbocycles. The molecule has 2 amide bonds. The van der Waals surface area contributed by atoms with Gasteiger partial charge in [0, 0.05) is 25.6 Å². The van der Waals surface area contributed by atoms with Gasteiger partial charge in [-0.25, -0.2) is 4.79 Å². The molecule has 1 fully saturated rings. The monoisotopic (exact) mass is 382 g/mol. The van der Waals surface area contributed by atoms with E-state index in [1.807, 2.05) is 6.92 Å². The van der Waals surface area contributed by atoms with Crippen LogP contribution in [0.15, 0.2) is 35.7 Å². The number of nitrogens with one attached hydrogen (secondary N) is 1. The van der Waals surface area contributed by atoms with Crippen molar-refractivity contribution >= 4 is 23.5 Å². The molecule has 1 N–H and O–H groups in total. The molecule has 0 radical (unpaired) electrons. The van der Waals surface area contributed by atoms with Gasteiger partial charge in [-0.05, 0) is 43.7 Å². The first-order valence-corrected chi connectivity index (χ1v) is 9.22. The van der Waals surface area contributed by atoms with E-state index < -0.39 is 11.2 Å². The summed E-state index contributed by atoms with van der Waals surface area (Å²) in [5, 5.41) is 11.6. The molecule has 7 nitrogen and oxygen atoms in total. The number of amides is 2. The maximum atomic E-state index is 14.7. The Morgan fingerprint density at radius 2 is 2.08 bits per heavy atom. The molecule has 140 valence electrons. The Kier molecular flexibility index (Phi) is 5.70. The third kappa shape index (κ3) is 4.29. The molecule has 3 heterocycles. The Balaban J connectivity index is 1.54. The lowest BCUT2D eigenvalue weighted by molar-refractivity contribution is 0.00973. The predicted octanol–water partition coefficient (Wildman–Crippen LogP) is 3.32. The molecule has 0 saturated carbocycles. The average Bonchev–Trinajstić information content (AvgIpc) is 3.09. The van der Waals surface area contributed by atoms with E-state index in [-0.39, 0.29) is 32.0 Å². The highest BCUT2D eigenvalue weighted by molar-refractivity contribution is 8.00. The van der Waals surface area contributed by atoms with Crippen molar-refractivity contribution in [2.45, 2.75) is 36.6 Å². The zero-order valence-corrected chi connectivity index (χ0v) is 15.1. The Morgan fingerprint density at radius 3 is 2.73 bits per heavy atom. The van der Waals surface area contributed by atoms with Crippen LogP contribution in [0, 0.1) is 5.92 Å². The molecule has 1 aliphatic heterocycles. The van der Waals surface area contributed by atoms with E-state index in [0.717, 1.165) is 0 Å². The topological polar surface area (TPSA) is 75.9 Å². The molecule has 0 aliphatic carbocycles. The van der Waals surface area contributed by atoms with Crippen LogP contribution in [0.3, 0.4) is 0 Å². The van der Waals surface area contributed by atoms with E-state index >= 15 is 0 Å². The van der Waals surface area contributed by atoms with Crippen molar-refractivity contribution in [2.24, 2.45) is 5.92 Å². The van der Waals surface area contributed by atoms with E-state index in [9.17, 15) is 13.6 Å². The van der Waals surface area contributed by atoms with Crippen molar-refractivity contribution in [1.29, 1.82) is 0 Å². The van der Waals surface area contributed by atoms with Gasteiger partial charge in [0.15, 0.2) is 0 Å². The first-order valence-electron chi connectivity index (χ1n) is 8.41. The van der Waals surface area contributed by atoms with Crippen LogP contribution in [0.2, 0.25) is 0 Å². The third-order valence-corrected chi connectivity index (χ3v) is 5.47. The lowest BCUT2D eigenvalue weighted by Crippen LogP contribution is -2.44. The number of aromatic nitrogens is 4. The Bertz CT molecular complexity index is 733. The second kappa shape index (κ2) is 7.98. The summed E-state index contributed by atoms with van der Waals surface area (Å²) in [6.07, 6.45) is 4.94. The van der Waals surface area contributed by atoms with Gasteiger partial charge in [0.1, 0.15) is 0 Å². The second-order valence-electron chi connectivity index (χ2n) is 5.97. The molecule has 2 aromatic heterocycles. The molecule has 0 bridgehead atoms. The van der Waals surface area contributed by atoms with Crippen molar-refractivity contribution in [2.75, 3.05) is 18.4 Å². The molecular weight excluding hydrogens is 362 g/mol. The zero-order valence-electron chi connectivity index (χ0n) is 14.3. The SMILES string of the molecule is CCn1nccc1SC(F)(F)C1CCN(C(=O)Nc2ccnnc2)CC1. The Hall–Kier alpha value is -2.23. The highest BCUT2D eigenvalue weighted by atomic mass is 32.2. The number of nitrogens with zero attached hydrogens (tertiary/aromatic N) is 5. The molecule has 0 atom stereocenters. The number of alkyl halides is 2. The molecule has 3 rings (SSSR count). The molecule has 26 heavy (non-hydrogen) atoms. The minimum Gasteiger partial charge on any atom is -0.325 e. The standard InChI is InChI=1S/C16H20F2N6OS/c1-2-24-14(4-8-21-24)26-16(17,18)12-5-9-23(10-6-12)15(25)22-13-3-7-19-20-11-13/h3-4,7-8,11-12H,2,5-6,9-10H2,1H3,(H,19,22,25). The van der Waals surface area contributed by atoms with Gasteiger partial charge in [-0.1, -0.05) is 0 Å². The number of carbonyl (C=O) groups is 1. The van der Waals surface area contributed by atoms with Gasteiger partial charge in [-0.2, -0.15) is 24.1 Å². The lowest BCUT2D eigenvalue weighted by Gasteiger charge is -2.35. The first-order chi connectivity index (χ1) is 12.5. The molecule has 0 spiro atoms. The van der Waals surface area contributed by atoms with Crippen molar-refractivity contribution in [3.8, 4) is 0 Å². The average molecular weight is 382 g/mol. The Labute approximate surface area is 154 Å². The van der Waals surface area contributed by atoms with Gasteiger partial charge in [-0.3, -0.25) is 4.68 Å². The third-order valence-electron chi connectivity index (χ3n) is 4.31. The smallest absolute Gasteiger partial charge is 0.321 e. The van der Waals surface area contributed by atoms with Crippen LogP contribution in [0.4, 0.5) is 19.3 Å². The first kappa shape index (κ1) is 18.6. The van der Waals surface area contributed by atoms with Crippen LogP contribution in [0.25, 0.3) is 0 Å². The summed E-state index contributed by atoms with van der Waals surface area (Å²) in [5.41, 5.74) is 0.529. The van der Waals surface area contributed by atoms with Gasteiger partial charge < -0.3 is 10.2 Å². The summed E-state index contributed by atoms with van der Waals surface area (Å²) < 4.78 is 30.9. The fourth-order valence-corrected chi connectivity index (χ4v) is 3.94. The van der Waals surface area contributed by atoms with E-state index in [0.29, 0.717) is 29.0 Å². The Morgan fingerprint density at radius 1 is 1.31 bits per heavy atom. The minimum atomic E-state index is -2.90. The fraction of sp³-hybridized carbons (Fsp3) is 0.500. The maximum absolute atomic E-state index is 14.7. The van der Waals surface area contributed by atoms with E-state index in [1.165, 1.54) is 18.6 Å². The number of halogens is 2. The zero-order chi connectivity index (χ0) is 18.6. The number of aryl methyl sites for hydroxylation is 1. The van der Waals surface area contributed by atoms with Crippen LogP contribution in [0.5, 0.6) is 0 Å². The van der Waals surface area contributed by atoms with E-state index in [4.69, 9.17) is 0 Å². The minimum absolute atomic E-state index is 0.252. The number of hydrogen-bond donors (Lipinski definition) is 1. The molecule has 0 unspecified atom stereocenters. The predicted molar refractivity (Wildman–Crippen MR) is 94.1 cm³/mol. The maximum Gasteiger partial charge on any atom is 0.321 e. The van der Waals surface area contributed by atoms with Crippen LogP contribution >= 0.6 is 11.8 Å². The number of carbonyl (C=O) groups excluding carboxylic acids is 1. The van der Waals surface area contributed by atoms with Crippen molar-refractivity contribution in [3.05, 3.63) is 30.7 Å². The van der Waals surface area contributed by atoms with Crippen LogP contribution in [-0.4, -0.2) is 49.3 Å². The number of piperidine rings is 1. The van der Waals surface area contributed by atoms with Gasteiger partial charge in [0.2, 0.25) is 0 Å². The van der Waals surface area contributed by atoms with Crippen LogP contribution < -0.4 is 5.32 Å². The largest absolute Gasteiger partial charge is 0.325 e. The van der Waals surface area contributed by atoms with Crippen LogP contribution in [-0.2, 0) is 6.54 Å². The van der Waals surface area contributed by atoms with Gasteiger partial charge in [-0.15, -0.1) is 0 Å². The molecule has 1 saturated heterocycles. The van der Waals surface area contributed by atoms with E-state index in [1.54, 1.807) is 21.7 Å². The number of anilines is 1. The summed E-state index contributed by atoms with van der Waals surface area (Å²) in [4.78, 5) is 13.8. The lowest BCUT2D eigenvalue weighted by atomic mass is 9.97. The fourth-order valence-electron chi connectivity index (χ4n) is 2.85. The highest BCUT2D eigenvalue weighted by Crippen LogP contribution is 2.45. The van der Waals surface area contributed by atoms with Gasteiger partial charge >= 0.3 is 11.3 Å². The summed E-state index contributed by atoms with van der Waals surface area (Å²) in [6.45, 7) is 2.99. The quantitative estimate of drug-likeness (QED) is 0.803. The number of likely N-dealkylation sites (tertiary alicyclic amines) is 1. The van der Waals surface area contributed by atoms with Crippen molar-refractivity contribution in [3.63, 3.8) is 0 Å². The van der Waals surface area contributed by atoms with Gasteiger partial charge in [0.05, 0.1) is 29.3 Å². The number of rotatable bonds is 5. The molecule has 1 aliphatic rings. The van der Waals surface area contributed by atoms with Crippen molar-refractivity contribution < 1.29 is 13.6 Å². The summed E-state index contributed by atoms with van der Waals surface area (Å²) in [5.74, 6) is -0.778. The van der Waals surface area contributed by atoms with Gasteiger partial charge in [0.25, 0.3) is 0 Å². The molecule has 2 aromatic rings. The molecular formula is C16H20F2N6OS. The highest BCUT2D eigenvalue weighted by Gasteiger charge is 2.43. The second-order valence-corrected chi connectivity index (χ2v) is 7.14. The van der Waals surface area contributed by atoms with Crippen LogP contribution in [0.1, 0.15) is 19.8 Å².